The van der Waals surface area contributed by atoms with E-state index in [4.69, 9.17) is 5.11 Å². The Bertz CT molecular complexity index is 690. The van der Waals surface area contributed by atoms with Crippen LogP contribution in [0.15, 0.2) is 52.7 Å². The number of nitrogens with zero attached hydrogens (tertiary/aromatic N) is 2. The third kappa shape index (κ3) is 3.16. The molecule has 4 nitrogen and oxygen atoms in total. The van der Waals surface area contributed by atoms with Crippen molar-refractivity contribution in [3.8, 4) is 0 Å². The summed E-state index contributed by atoms with van der Waals surface area (Å²) in [4.78, 5) is 10.8. The van der Waals surface area contributed by atoms with Crippen LogP contribution in [0.1, 0.15) is 34.3 Å². The van der Waals surface area contributed by atoms with Crippen molar-refractivity contribution >= 4 is 17.3 Å². The molecule has 1 N–H and O–H groups in total. The molecule has 0 aliphatic heterocycles. The van der Waals surface area contributed by atoms with Crippen LogP contribution in [-0.2, 0) is 12.8 Å². The third-order valence-electron chi connectivity index (χ3n) is 3.73. The molecule has 2 aromatic carbocycles. The molecule has 2 aromatic rings. The number of carboxylic acids is 1. The second-order valence-corrected chi connectivity index (χ2v) is 5.21. The van der Waals surface area contributed by atoms with Gasteiger partial charge in [0.1, 0.15) is 0 Å². The number of carboxylic acid groups (broad SMARTS) is 1. The van der Waals surface area contributed by atoms with Gasteiger partial charge >= 0.3 is 5.97 Å². The summed E-state index contributed by atoms with van der Waals surface area (Å²) in [5.74, 6) is -0.937. The van der Waals surface area contributed by atoms with Crippen LogP contribution in [0.2, 0.25) is 0 Å². The molecule has 1 aliphatic rings. The normalized spacial score (nSPS) is 14.1. The van der Waals surface area contributed by atoms with Gasteiger partial charge in [-0.15, -0.1) is 0 Å². The van der Waals surface area contributed by atoms with E-state index >= 15 is 0 Å². The van der Waals surface area contributed by atoms with Crippen LogP contribution in [-0.4, -0.2) is 11.1 Å². The van der Waals surface area contributed by atoms with Gasteiger partial charge in [0.05, 0.1) is 16.9 Å². The summed E-state index contributed by atoms with van der Waals surface area (Å²) in [5.41, 5.74) is 4.54. The summed E-state index contributed by atoms with van der Waals surface area (Å²) < 4.78 is 0. The average molecular weight is 280 g/mol. The Morgan fingerprint density at radius 2 is 1.48 bits per heavy atom. The average Bonchev–Trinajstić information content (AvgIpc) is 2.53. The van der Waals surface area contributed by atoms with E-state index in [1.807, 2.05) is 6.07 Å². The zero-order valence-corrected chi connectivity index (χ0v) is 11.6. The zero-order chi connectivity index (χ0) is 14.7. The molecule has 0 spiro atoms. The lowest BCUT2D eigenvalue weighted by molar-refractivity contribution is 0.0697. The second-order valence-electron chi connectivity index (χ2n) is 5.21. The Morgan fingerprint density at radius 3 is 2.19 bits per heavy atom. The van der Waals surface area contributed by atoms with Crippen LogP contribution in [0.3, 0.4) is 0 Å². The van der Waals surface area contributed by atoms with Crippen molar-refractivity contribution in [2.24, 2.45) is 10.2 Å². The molecule has 0 radical (unpaired) electrons. The lowest BCUT2D eigenvalue weighted by Gasteiger charge is -2.15. The highest BCUT2D eigenvalue weighted by molar-refractivity contribution is 5.87. The minimum absolute atomic E-state index is 0.253. The lowest BCUT2D eigenvalue weighted by Crippen LogP contribution is -2.01. The smallest absolute Gasteiger partial charge is 0.335 e. The van der Waals surface area contributed by atoms with Crippen LogP contribution >= 0.6 is 0 Å². The monoisotopic (exact) mass is 280 g/mol. The van der Waals surface area contributed by atoms with Gasteiger partial charge in [-0.25, -0.2) is 4.79 Å². The van der Waals surface area contributed by atoms with Crippen molar-refractivity contribution in [1.82, 2.24) is 0 Å². The van der Waals surface area contributed by atoms with Gasteiger partial charge in [-0.3, -0.25) is 0 Å². The Morgan fingerprint density at radius 1 is 0.857 bits per heavy atom. The maximum absolute atomic E-state index is 10.8. The molecule has 0 atom stereocenters. The fourth-order valence-electron chi connectivity index (χ4n) is 2.57. The maximum Gasteiger partial charge on any atom is 0.335 e. The molecule has 0 fully saturated rings. The summed E-state index contributed by atoms with van der Waals surface area (Å²) in [7, 11) is 0. The number of hydrogen-bond donors (Lipinski definition) is 1. The molecule has 0 heterocycles. The number of fused-ring (bicyclic) bond motifs is 1. The third-order valence-corrected chi connectivity index (χ3v) is 3.73. The summed E-state index contributed by atoms with van der Waals surface area (Å²) in [6, 6.07) is 12.6. The van der Waals surface area contributed by atoms with Crippen LogP contribution < -0.4 is 0 Å². The van der Waals surface area contributed by atoms with E-state index in [2.05, 4.69) is 22.4 Å². The number of aryl methyl sites for hydroxylation is 2. The largest absolute Gasteiger partial charge is 0.478 e. The van der Waals surface area contributed by atoms with Gasteiger partial charge < -0.3 is 5.11 Å². The molecule has 21 heavy (non-hydrogen) atoms. The summed E-state index contributed by atoms with van der Waals surface area (Å²) in [5, 5.41) is 17.2. The van der Waals surface area contributed by atoms with Crippen LogP contribution in [0, 0.1) is 0 Å². The molecule has 106 valence electrons. The van der Waals surface area contributed by atoms with E-state index < -0.39 is 5.97 Å². The van der Waals surface area contributed by atoms with E-state index in [0.717, 1.165) is 18.5 Å². The van der Waals surface area contributed by atoms with Crippen LogP contribution in [0.5, 0.6) is 0 Å². The van der Waals surface area contributed by atoms with Gasteiger partial charge in [-0.1, -0.05) is 6.07 Å². The molecule has 0 unspecified atom stereocenters. The molecule has 0 saturated carbocycles. The van der Waals surface area contributed by atoms with Gasteiger partial charge in [-0.2, -0.15) is 10.2 Å². The molecular weight excluding hydrogens is 264 g/mol. The Hall–Kier alpha value is -2.49. The quantitative estimate of drug-likeness (QED) is 0.830. The van der Waals surface area contributed by atoms with Crippen molar-refractivity contribution in [1.29, 1.82) is 0 Å². The first-order chi connectivity index (χ1) is 10.2. The van der Waals surface area contributed by atoms with Crippen molar-refractivity contribution < 1.29 is 9.90 Å². The standard InChI is InChI=1S/C17H16N2O2/c20-17(21)13-6-8-15(9-7-13)18-19-16-10-5-12-3-1-2-4-14(12)11-16/h5-11H,1-4H2,(H,20,21). The predicted molar refractivity (Wildman–Crippen MR) is 80.7 cm³/mol. The molecule has 1 aliphatic carbocycles. The number of rotatable bonds is 3. The van der Waals surface area contributed by atoms with Crippen molar-refractivity contribution in [2.45, 2.75) is 25.7 Å². The zero-order valence-electron chi connectivity index (χ0n) is 11.6. The first-order valence-corrected chi connectivity index (χ1v) is 7.09. The van der Waals surface area contributed by atoms with Gasteiger partial charge in [-0.05, 0) is 73.2 Å². The highest BCUT2D eigenvalue weighted by Crippen LogP contribution is 2.26. The molecule has 0 saturated heterocycles. The Kier molecular flexibility index (Phi) is 3.77. The van der Waals surface area contributed by atoms with Crippen LogP contribution in [0.4, 0.5) is 11.4 Å². The molecular formula is C17H16N2O2. The van der Waals surface area contributed by atoms with Crippen LogP contribution in [0.25, 0.3) is 0 Å². The number of aromatic carboxylic acids is 1. The Balaban J connectivity index is 1.77. The second kappa shape index (κ2) is 5.87. The van der Waals surface area contributed by atoms with Gasteiger partial charge in [0.15, 0.2) is 0 Å². The van der Waals surface area contributed by atoms with Gasteiger partial charge in [0.2, 0.25) is 0 Å². The summed E-state index contributed by atoms with van der Waals surface area (Å²) in [6.45, 7) is 0. The molecule has 0 aromatic heterocycles. The summed E-state index contributed by atoms with van der Waals surface area (Å²) >= 11 is 0. The van der Waals surface area contributed by atoms with E-state index in [1.165, 1.54) is 36.1 Å². The fourth-order valence-corrected chi connectivity index (χ4v) is 2.57. The highest BCUT2D eigenvalue weighted by atomic mass is 16.4. The number of carbonyl (C=O) groups is 1. The number of benzene rings is 2. The summed E-state index contributed by atoms with van der Waals surface area (Å²) in [6.07, 6.45) is 4.78. The number of azo groups is 1. The number of hydrogen-bond acceptors (Lipinski definition) is 3. The van der Waals surface area contributed by atoms with Gasteiger partial charge in [0.25, 0.3) is 0 Å². The predicted octanol–water partition coefficient (Wildman–Crippen LogP) is 4.68. The van der Waals surface area contributed by atoms with E-state index in [0.29, 0.717) is 5.69 Å². The topological polar surface area (TPSA) is 62.0 Å². The van der Waals surface area contributed by atoms with Gasteiger partial charge in [0, 0.05) is 0 Å². The van der Waals surface area contributed by atoms with Crippen molar-refractivity contribution in [3.63, 3.8) is 0 Å². The first kappa shape index (κ1) is 13.5. The first-order valence-electron chi connectivity index (χ1n) is 7.09. The molecule has 4 heteroatoms. The fraction of sp³-hybridized carbons (Fsp3) is 0.235. The maximum atomic E-state index is 10.8. The highest BCUT2D eigenvalue weighted by Gasteiger charge is 2.09. The van der Waals surface area contributed by atoms with E-state index in [-0.39, 0.29) is 5.56 Å². The molecule has 0 bridgehead atoms. The molecule has 3 rings (SSSR count). The van der Waals surface area contributed by atoms with E-state index in [1.54, 1.807) is 12.1 Å². The lowest BCUT2D eigenvalue weighted by atomic mass is 9.91. The minimum atomic E-state index is -0.937. The minimum Gasteiger partial charge on any atom is -0.478 e. The SMILES string of the molecule is O=C(O)c1ccc(N=Nc2ccc3c(c2)CCCC3)cc1. The van der Waals surface area contributed by atoms with Crippen molar-refractivity contribution in [3.05, 3.63) is 59.2 Å². The van der Waals surface area contributed by atoms with Crippen molar-refractivity contribution in [2.75, 3.05) is 0 Å². The molecule has 0 amide bonds. The van der Waals surface area contributed by atoms with E-state index in [9.17, 15) is 4.79 Å². The Labute approximate surface area is 123 Å².